The van der Waals surface area contributed by atoms with Gasteiger partial charge in [-0.2, -0.15) is 0 Å². The highest BCUT2D eigenvalue weighted by Gasteiger charge is 2.16. The van der Waals surface area contributed by atoms with Gasteiger partial charge in [0, 0.05) is 11.6 Å². The topological polar surface area (TPSA) is 26.0 Å². The molecule has 0 aliphatic rings. The second kappa shape index (κ2) is 4.03. The van der Waals surface area contributed by atoms with E-state index in [-0.39, 0.29) is 10.6 Å². The molecule has 0 spiro atoms. The van der Waals surface area contributed by atoms with Crippen molar-refractivity contribution in [3.05, 3.63) is 34.4 Å². The average molecular weight is 206 g/mol. The highest BCUT2D eigenvalue weighted by molar-refractivity contribution is 6.31. The molecule has 0 aromatic heterocycles. The Morgan fingerprint density at radius 3 is 2.46 bits per heavy atom. The van der Waals surface area contributed by atoms with Crippen LogP contribution >= 0.6 is 11.6 Å². The summed E-state index contributed by atoms with van der Waals surface area (Å²) in [5, 5.41) is -0.214. The monoisotopic (exact) mass is 205 g/mol. The van der Waals surface area contributed by atoms with Crippen molar-refractivity contribution in [2.45, 2.75) is 19.4 Å². The molecule has 0 radical (unpaired) electrons. The van der Waals surface area contributed by atoms with Crippen molar-refractivity contribution in [2.75, 3.05) is 0 Å². The summed E-state index contributed by atoms with van der Waals surface area (Å²) >= 11 is 5.58. The summed E-state index contributed by atoms with van der Waals surface area (Å²) in [7, 11) is 0. The normalized spacial score (nSPS) is 13.0. The lowest BCUT2D eigenvalue weighted by Crippen LogP contribution is -2.12. The molecular weight excluding hydrogens is 196 g/mol. The van der Waals surface area contributed by atoms with E-state index in [2.05, 4.69) is 0 Å². The van der Waals surface area contributed by atoms with E-state index < -0.39 is 17.7 Å². The van der Waals surface area contributed by atoms with Crippen molar-refractivity contribution < 1.29 is 8.78 Å². The molecule has 72 valence electrons. The number of hydrogen-bond acceptors (Lipinski definition) is 1. The maximum atomic E-state index is 13.1. The van der Waals surface area contributed by atoms with Crippen molar-refractivity contribution in [3.63, 3.8) is 0 Å². The molecule has 2 N–H and O–H groups in total. The Hall–Kier alpha value is -0.670. The first-order chi connectivity index (χ1) is 6.07. The summed E-state index contributed by atoms with van der Waals surface area (Å²) in [4.78, 5) is 0. The van der Waals surface area contributed by atoms with Gasteiger partial charge < -0.3 is 5.73 Å². The second-order valence-electron chi connectivity index (χ2n) is 2.77. The minimum Gasteiger partial charge on any atom is -0.324 e. The molecule has 1 atom stereocenters. The molecule has 0 heterocycles. The van der Waals surface area contributed by atoms with E-state index in [4.69, 9.17) is 17.3 Å². The summed E-state index contributed by atoms with van der Waals surface area (Å²) in [5.41, 5.74) is 5.63. The van der Waals surface area contributed by atoms with Crippen LogP contribution < -0.4 is 5.73 Å². The first-order valence-corrected chi connectivity index (χ1v) is 4.34. The Labute approximate surface area is 80.5 Å². The van der Waals surface area contributed by atoms with Gasteiger partial charge in [0.1, 0.15) is 11.6 Å². The minimum atomic E-state index is -0.637. The molecule has 1 aromatic rings. The molecule has 0 bridgehead atoms. The van der Waals surface area contributed by atoms with Crippen molar-refractivity contribution >= 4 is 11.6 Å². The summed E-state index contributed by atoms with van der Waals surface area (Å²) in [6.07, 6.45) is 0.514. The van der Waals surface area contributed by atoms with Crippen LogP contribution in [0.2, 0.25) is 5.02 Å². The highest BCUT2D eigenvalue weighted by Crippen LogP contribution is 2.28. The number of rotatable bonds is 2. The fourth-order valence-electron chi connectivity index (χ4n) is 1.09. The Balaban J connectivity index is 3.25. The summed E-state index contributed by atoms with van der Waals surface area (Å²) < 4.78 is 26.0. The van der Waals surface area contributed by atoms with E-state index in [1.54, 1.807) is 6.92 Å². The van der Waals surface area contributed by atoms with E-state index >= 15 is 0 Å². The smallest absolute Gasteiger partial charge is 0.142 e. The van der Waals surface area contributed by atoms with Crippen molar-refractivity contribution in [1.82, 2.24) is 0 Å². The summed E-state index contributed by atoms with van der Waals surface area (Å²) in [5.74, 6) is -1.19. The molecule has 0 aliphatic heterocycles. The lowest BCUT2D eigenvalue weighted by Gasteiger charge is -2.12. The lowest BCUT2D eigenvalue weighted by atomic mass is 10.0. The van der Waals surface area contributed by atoms with Crippen LogP contribution in [-0.2, 0) is 0 Å². The van der Waals surface area contributed by atoms with Crippen molar-refractivity contribution in [2.24, 2.45) is 5.73 Å². The van der Waals surface area contributed by atoms with Crippen LogP contribution in [0.4, 0.5) is 8.78 Å². The molecule has 1 rings (SSSR count). The van der Waals surface area contributed by atoms with Crippen LogP contribution in [0.3, 0.4) is 0 Å². The second-order valence-corrected chi connectivity index (χ2v) is 3.15. The molecule has 0 saturated carbocycles. The van der Waals surface area contributed by atoms with Crippen molar-refractivity contribution in [3.8, 4) is 0 Å². The largest absolute Gasteiger partial charge is 0.324 e. The van der Waals surface area contributed by atoms with Gasteiger partial charge in [-0.25, -0.2) is 8.78 Å². The van der Waals surface area contributed by atoms with E-state index in [0.29, 0.717) is 6.42 Å². The SMILES string of the molecule is CC[C@@H](N)c1c(F)ccc(F)c1Cl. The number of hydrogen-bond donors (Lipinski definition) is 1. The fourth-order valence-corrected chi connectivity index (χ4v) is 1.38. The third kappa shape index (κ3) is 1.98. The van der Waals surface area contributed by atoms with Gasteiger partial charge in [0.2, 0.25) is 0 Å². The number of halogens is 3. The molecule has 0 unspecified atom stereocenters. The Morgan fingerprint density at radius 2 is 1.92 bits per heavy atom. The average Bonchev–Trinajstić information content (AvgIpc) is 2.12. The quantitative estimate of drug-likeness (QED) is 0.738. The van der Waals surface area contributed by atoms with Gasteiger partial charge in [-0.15, -0.1) is 0 Å². The van der Waals surface area contributed by atoms with Gasteiger partial charge in [0.15, 0.2) is 0 Å². The minimum absolute atomic E-state index is 0.0594. The van der Waals surface area contributed by atoms with Crippen LogP contribution in [0.1, 0.15) is 24.9 Å². The van der Waals surface area contributed by atoms with Gasteiger partial charge >= 0.3 is 0 Å². The Bertz CT molecular complexity index is 315. The zero-order valence-corrected chi connectivity index (χ0v) is 7.91. The summed E-state index contributed by atoms with van der Waals surface area (Å²) in [6.45, 7) is 1.78. The first kappa shape index (κ1) is 10.4. The lowest BCUT2D eigenvalue weighted by molar-refractivity contribution is 0.557. The number of nitrogens with two attached hydrogens (primary N) is 1. The van der Waals surface area contributed by atoms with Gasteiger partial charge in [-0.1, -0.05) is 18.5 Å². The molecule has 1 nitrogen and oxygen atoms in total. The maximum Gasteiger partial charge on any atom is 0.142 e. The zero-order valence-electron chi connectivity index (χ0n) is 7.15. The van der Waals surface area contributed by atoms with Crippen LogP contribution in [0.15, 0.2) is 12.1 Å². The predicted molar refractivity (Wildman–Crippen MR) is 48.6 cm³/mol. The Kier molecular flexibility index (Phi) is 3.22. The maximum absolute atomic E-state index is 13.1. The summed E-state index contributed by atoms with van der Waals surface area (Å²) in [6, 6.07) is 1.47. The van der Waals surface area contributed by atoms with Crippen LogP contribution in [0, 0.1) is 11.6 Å². The van der Waals surface area contributed by atoms with Gasteiger partial charge in [-0.05, 0) is 18.6 Å². The first-order valence-electron chi connectivity index (χ1n) is 3.96. The highest BCUT2D eigenvalue weighted by atomic mass is 35.5. The van der Waals surface area contributed by atoms with Gasteiger partial charge in [0.25, 0.3) is 0 Å². The number of benzene rings is 1. The van der Waals surface area contributed by atoms with E-state index in [9.17, 15) is 8.78 Å². The van der Waals surface area contributed by atoms with Gasteiger partial charge in [0.05, 0.1) is 5.02 Å². The fraction of sp³-hybridized carbons (Fsp3) is 0.333. The predicted octanol–water partition coefficient (Wildman–Crippen LogP) is 3.03. The van der Waals surface area contributed by atoms with Crippen LogP contribution in [0.25, 0.3) is 0 Å². The zero-order chi connectivity index (χ0) is 10.0. The van der Waals surface area contributed by atoms with Gasteiger partial charge in [-0.3, -0.25) is 0 Å². The third-order valence-corrected chi connectivity index (χ3v) is 2.27. The molecule has 4 heteroatoms. The molecule has 0 fully saturated rings. The van der Waals surface area contributed by atoms with E-state index in [1.807, 2.05) is 0 Å². The standard InChI is InChI=1S/C9H10ClF2N/c1-2-7(13)8-5(11)3-4-6(12)9(8)10/h3-4,7H,2,13H2,1H3/t7-/m1/s1. The molecule has 1 aromatic carbocycles. The molecule has 13 heavy (non-hydrogen) atoms. The Morgan fingerprint density at radius 1 is 1.38 bits per heavy atom. The molecule has 0 aliphatic carbocycles. The van der Waals surface area contributed by atoms with Crippen LogP contribution in [-0.4, -0.2) is 0 Å². The van der Waals surface area contributed by atoms with Crippen LogP contribution in [0.5, 0.6) is 0 Å². The van der Waals surface area contributed by atoms with E-state index in [0.717, 1.165) is 12.1 Å². The molecule has 0 amide bonds. The molecule has 0 saturated heterocycles. The van der Waals surface area contributed by atoms with E-state index in [1.165, 1.54) is 0 Å². The van der Waals surface area contributed by atoms with Crippen molar-refractivity contribution in [1.29, 1.82) is 0 Å². The molecular formula is C9H10ClF2N. The third-order valence-electron chi connectivity index (χ3n) is 1.89.